The van der Waals surface area contributed by atoms with Crippen molar-refractivity contribution in [2.24, 2.45) is 0 Å². The van der Waals surface area contributed by atoms with E-state index in [0.29, 0.717) is 11.4 Å². The molecule has 0 saturated heterocycles. The molecule has 0 spiro atoms. The summed E-state index contributed by atoms with van der Waals surface area (Å²) in [6.45, 7) is 1.37. The molecule has 1 aromatic heterocycles. The highest BCUT2D eigenvalue weighted by molar-refractivity contribution is 5.97. The Morgan fingerprint density at radius 3 is 2.93 bits per heavy atom. The van der Waals surface area contributed by atoms with Crippen LogP contribution in [0, 0.1) is 5.41 Å². The second-order valence-electron chi connectivity index (χ2n) is 2.60. The molecular formula is C8H10N4O2. The van der Waals surface area contributed by atoms with Crippen molar-refractivity contribution in [3.05, 3.63) is 23.9 Å². The predicted molar refractivity (Wildman–Crippen MR) is 50.3 cm³/mol. The zero-order valence-corrected chi connectivity index (χ0v) is 7.53. The summed E-state index contributed by atoms with van der Waals surface area (Å²) >= 11 is 0. The number of carbonyl (C=O) groups is 1. The maximum absolute atomic E-state index is 10.7. The summed E-state index contributed by atoms with van der Waals surface area (Å²) in [7, 11) is 0. The van der Waals surface area contributed by atoms with Crippen LogP contribution in [0.3, 0.4) is 0 Å². The van der Waals surface area contributed by atoms with E-state index < -0.39 is 0 Å². The Labute approximate surface area is 80.4 Å². The third kappa shape index (κ3) is 2.53. The Hall–Kier alpha value is -1.95. The molecule has 4 N–H and O–H groups in total. The number of amides is 1. The van der Waals surface area contributed by atoms with E-state index in [2.05, 4.69) is 10.3 Å². The van der Waals surface area contributed by atoms with E-state index in [9.17, 15) is 4.79 Å². The Balaban J connectivity index is 2.89. The van der Waals surface area contributed by atoms with Gasteiger partial charge in [0.2, 0.25) is 5.91 Å². The summed E-state index contributed by atoms with van der Waals surface area (Å²) in [5.74, 6) is -0.0489. The van der Waals surface area contributed by atoms with Crippen molar-refractivity contribution in [1.82, 2.24) is 10.5 Å². The monoisotopic (exact) mass is 194 g/mol. The second-order valence-corrected chi connectivity index (χ2v) is 2.60. The van der Waals surface area contributed by atoms with E-state index in [1.807, 2.05) is 0 Å². The van der Waals surface area contributed by atoms with E-state index in [0.717, 1.165) is 0 Å². The zero-order valence-electron chi connectivity index (χ0n) is 7.53. The number of nitrogens with one attached hydrogen (secondary N) is 3. The molecule has 0 bridgehead atoms. The van der Waals surface area contributed by atoms with Gasteiger partial charge in [0.1, 0.15) is 11.7 Å². The van der Waals surface area contributed by atoms with Gasteiger partial charge >= 0.3 is 0 Å². The second kappa shape index (κ2) is 4.33. The van der Waals surface area contributed by atoms with Crippen LogP contribution < -0.4 is 10.8 Å². The van der Waals surface area contributed by atoms with Gasteiger partial charge in [-0.05, 0) is 12.1 Å². The number of rotatable bonds is 2. The van der Waals surface area contributed by atoms with Crippen LogP contribution in [0.1, 0.15) is 12.5 Å². The van der Waals surface area contributed by atoms with E-state index in [1.165, 1.54) is 25.3 Å². The lowest BCUT2D eigenvalue weighted by Gasteiger charge is -2.04. The predicted octanol–water partition coefficient (Wildman–Crippen LogP) is 0.344. The lowest BCUT2D eigenvalue weighted by atomic mass is 10.2. The SMILES string of the molecule is CC(=O)Nc1cc(C(=N)NO)ccn1. The van der Waals surface area contributed by atoms with E-state index in [-0.39, 0.29) is 11.7 Å². The van der Waals surface area contributed by atoms with Gasteiger partial charge in [0, 0.05) is 18.7 Å². The average Bonchev–Trinajstić information content (AvgIpc) is 2.16. The first-order valence-corrected chi connectivity index (χ1v) is 3.86. The number of anilines is 1. The van der Waals surface area contributed by atoms with Gasteiger partial charge in [0.05, 0.1) is 0 Å². The number of hydrogen-bond acceptors (Lipinski definition) is 4. The van der Waals surface area contributed by atoms with Crippen LogP contribution in [0.15, 0.2) is 18.3 Å². The van der Waals surface area contributed by atoms with Crippen molar-refractivity contribution >= 4 is 17.6 Å². The topological polar surface area (TPSA) is 98.1 Å². The minimum Gasteiger partial charge on any atom is -0.311 e. The van der Waals surface area contributed by atoms with Crippen molar-refractivity contribution in [3.63, 3.8) is 0 Å². The summed E-state index contributed by atoms with van der Waals surface area (Å²) in [6, 6.07) is 3.02. The fourth-order valence-electron chi connectivity index (χ4n) is 0.899. The van der Waals surface area contributed by atoms with Crippen molar-refractivity contribution in [2.45, 2.75) is 6.92 Å². The van der Waals surface area contributed by atoms with E-state index in [1.54, 1.807) is 5.48 Å². The molecule has 6 nitrogen and oxygen atoms in total. The molecule has 0 unspecified atom stereocenters. The molecule has 1 rings (SSSR count). The highest BCUT2D eigenvalue weighted by atomic mass is 16.5. The van der Waals surface area contributed by atoms with Crippen LogP contribution in [0.2, 0.25) is 0 Å². The van der Waals surface area contributed by atoms with Crippen molar-refractivity contribution in [3.8, 4) is 0 Å². The number of carbonyl (C=O) groups excluding carboxylic acids is 1. The molecule has 0 radical (unpaired) electrons. The molecule has 14 heavy (non-hydrogen) atoms. The summed E-state index contributed by atoms with van der Waals surface area (Å²) < 4.78 is 0. The van der Waals surface area contributed by atoms with Crippen molar-refractivity contribution in [1.29, 1.82) is 5.41 Å². The standard InChI is InChI=1S/C8H10N4O2/c1-5(13)11-7-4-6(2-3-10-7)8(9)12-14/h2-4,14H,1H3,(H2,9,12)(H,10,11,13). The molecule has 0 aliphatic heterocycles. The number of hydroxylamine groups is 1. The molecule has 0 aromatic carbocycles. The van der Waals surface area contributed by atoms with Gasteiger partial charge in [0.15, 0.2) is 0 Å². The molecule has 1 amide bonds. The van der Waals surface area contributed by atoms with Gasteiger partial charge in [0.25, 0.3) is 0 Å². The number of nitrogens with zero attached hydrogens (tertiary/aromatic N) is 1. The zero-order chi connectivity index (χ0) is 10.6. The van der Waals surface area contributed by atoms with Gasteiger partial charge in [-0.3, -0.25) is 20.9 Å². The highest BCUT2D eigenvalue weighted by Gasteiger charge is 2.02. The van der Waals surface area contributed by atoms with Crippen LogP contribution in [0.25, 0.3) is 0 Å². The average molecular weight is 194 g/mol. The number of hydrogen-bond donors (Lipinski definition) is 4. The molecule has 0 saturated carbocycles. The molecular weight excluding hydrogens is 184 g/mol. The van der Waals surface area contributed by atoms with Gasteiger partial charge in [-0.15, -0.1) is 0 Å². The third-order valence-corrected chi connectivity index (χ3v) is 1.46. The molecule has 0 atom stereocenters. The molecule has 1 heterocycles. The smallest absolute Gasteiger partial charge is 0.222 e. The summed E-state index contributed by atoms with van der Waals surface area (Å²) in [6.07, 6.45) is 1.44. The van der Waals surface area contributed by atoms with Gasteiger partial charge in [-0.2, -0.15) is 0 Å². The Kier molecular flexibility index (Phi) is 3.14. The minimum absolute atomic E-state index is 0.154. The van der Waals surface area contributed by atoms with E-state index in [4.69, 9.17) is 10.6 Å². The molecule has 6 heteroatoms. The van der Waals surface area contributed by atoms with Gasteiger partial charge in [-0.1, -0.05) is 0 Å². The van der Waals surface area contributed by atoms with Crippen LogP contribution in [-0.4, -0.2) is 21.9 Å². The Morgan fingerprint density at radius 1 is 1.64 bits per heavy atom. The molecule has 74 valence electrons. The summed E-state index contributed by atoms with van der Waals surface area (Å²) in [5.41, 5.74) is 2.14. The third-order valence-electron chi connectivity index (χ3n) is 1.46. The van der Waals surface area contributed by atoms with Crippen LogP contribution >= 0.6 is 0 Å². The van der Waals surface area contributed by atoms with Gasteiger partial charge < -0.3 is 5.32 Å². The number of aromatic nitrogens is 1. The Morgan fingerprint density at radius 2 is 2.36 bits per heavy atom. The largest absolute Gasteiger partial charge is 0.311 e. The quantitative estimate of drug-likeness (QED) is 0.310. The van der Waals surface area contributed by atoms with E-state index >= 15 is 0 Å². The fourth-order valence-corrected chi connectivity index (χ4v) is 0.899. The first-order valence-electron chi connectivity index (χ1n) is 3.86. The lowest BCUT2D eigenvalue weighted by Crippen LogP contribution is -2.19. The maximum atomic E-state index is 10.7. The first kappa shape index (κ1) is 10.1. The Bertz CT molecular complexity index is 364. The first-order chi connectivity index (χ1) is 6.63. The van der Waals surface area contributed by atoms with Crippen molar-refractivity contribution < 1.29 is 10.0 Å². The highest BCUT2D eigenvalue weighted by Crippen LogP contribution is 2.06. The van der Waals surface area contributed by atoms with Crippen LogP contribution in [0.4, 0.5) is 5.82 Å². The van der Waals surface area contributed by atoms with Crippen LogP contribution in [-0.2, 0) is 4.79 Å². The molecule has 1 aromatic rings. The molecule has 0 aliphatic carbocycles. The van der Waals surface area contributed by atoms with Crippen molar-refractivity contribution in [2.75, 3.05) is 5.32 Å². The summed E-state index contributed by atoms with van der Waals surface area (Å²) in [5, 5.41) is 18.2. The maximum Gasteiger partial charge on any atom is 0.222 e. The van der Waals surface area contributed by atoms with Crippen LogP contribution in [0.5, 0.6) is 0 Å². The molecule has 0 aliphatic rings. The molecule has 0 fully saturated rings. The summed E-state index contributed by atoms with van der Waals surface area (Å²) in [4.78, 5) is 14.6. The number of amidine groups is 1. The lowest BCUT2D eigenvalue weighted by molar-refractivity contribution is -0.114. The normalized spacial score (nSPS) is 9.29. The fraction of sp³-hybridized carbons (Fsp3) is 0.125. The number of pyridine rings is 1. The van der Waals surface area contributed by atoms with Gasteiger partial charge in [-0.25, -0.2) is 4.98 Å². The minimum atomic E-state index is -0.238.